The van der Waals surface area contributed by atoms with Gasteiger partial charge in [0.05, 0.1) is 10.7 Å². The predicted molar refractivity (Wildman–Crippen MR) is 113 cm³/mol. The number of hydrogen-bond acceptors (Lipinski definition) is 2. The number of nitrogens with one attached hydrogen (secondary N) is 2. The van der Waals surface area contributed by atoms with Gasteiger partial charge in [0.25, 0.3) is 0 Å². The lowest BCUT2D eigenvalue weighted by Gasteiger charge is -2.09. The highest BCUT2D eigenvalue weighted by molar-refractivity contribution is 6.34. The Balaban J connectivity index is 2.02. The van der Waals surface area contributed by atoms with E-state index in [1.807, 2.05) is 19.1 Å². The average molecular weight is 385 g/mol. The van der Waals surface area contributed by atoms with Crippen molar-refractivity contribution in [2.75, 3.05) is 10.6 Å². The third kappa shape index (κ3) is 6.57. The van der Waals surface area contributed by atoms with E-state index >= 15 is 0 Å². The van der Waals surface area contributed by atoms with Crippen LogP contribution in [-0.2, 0) is 9.59 Å². The molecule has 0 aliphatic carbocycles. The Labute approximate surface area is 165 Å². The zero-order chi connectivity index (χ0) is 19.8. The van der Waals surface area contributed by atoms with E-state index in [0.717, 1.165) is 12.0 Å². The summed E-state index contributed by atoms with van der Waals surface area (Å²) in [7, 11) is 0. The zero-order valence-electron chi connectivity index (χ0n) is 15.9. The van der Waals surface area contributed by atoms with E-state index in [1.165, 1.54) is 11.6 Å². The van der Waals surface area contributed by atoms with Crippen LogP contribution < -0.4 is 10.6 Å². The van der Waals surface area contributed by atoms with Crippen molar-refractivity contribution in [2.45, 2.75) is 39.5 Å². The monoisotopic (exact) mass is 384 g/mol. The first kappa shape index (κ1) is 20.7. The molecule has 0 spiro atoms. The third-order valence-electron chi connectivity index (χ3n) is 4.02. The first-order valence-corrected chi connectivity index (χ1v) is 9.45. The Kier molecular flexibility index (Phi) is 7.62. The minimum Gasteiger partial charge on any atom is -0.326 e. The molecule has 4 nitrogen and oxygen atoms in total. The molecule has 5 heteroatoms. The van der Waals surface area contributed by atoms with Gasteiger partial charge in [0, 0.05) is 18.2 Å². The fraction of sp³-hybridized carbons (Fsp3) is 0.273. The van der Waals surface area contributed by atoms with Gasteiger partial charge in [-0.2, -0.15) is 0 Å². The van der Waals surface area contributed by atoms with Crippen LogP contribution in [0.1, 0.15) is 50.7 Å². The zero-order valence-corrected chi connectivity index (χ0v) is 16.6. The molecule has 2 rings (SSSR count). The van der Waals surface area contributed by atoms with Crippen molar-refractivity contribution in [1.82, 2.24) is 0 Å². The summed E-state index contributed by atoms with van der Waals surface area (Å²) in [5.41, 5.74) is 3.25. The van der Waals surface area contributed by atoms with E-state index in [4.69, 9.17) is 11.6 Å². The maximum absolute atomic E-state index is 12.2. The molecular formula is C22H25ClN2O2. The molecule has 0 aromatic heterocycles. The summed E-state index contributed by atoms with van der Waals surface area (Å²) in [5, 5.41) is 5.94. The second-order valence-electron chi connectivity index (χ2n) is 6.64. The Morgan fingerprint density at radius 1 is 1.07 bits per heavy atom. The smallest absolute Gasteiger partial charge is 0.248 e. The summed E-state index contributed by atoms with van der Waals surface area (Å²) >= 11 is 6.15. The first-order chi connectivity index (χ1) is 12.9. The maximum atomic E-state index is 12.2. The van der Waals surface area contributed by atoms with Gasteiger partial charge in [-0.05, 0) is 47.7 Å². The number of halogens is 1. The molecule has 0 saturated carbocycles. The lowest BCUT2D eigenvalue weighted by molar-refractivity contribution is -0.116. The minimum absolute atomic E-state index is 0.0677. The normalized spacial score (nSPS) is 11.0. The number of carbonyl (C=O) groups excluding carboxylic acids is 2. The molecule has 0 aliphatic heterocycles. The van der Waals surface area contributed by atoms with Crippen molar-refractivity contribution in [2.24, 2.45) is 0 Å². The quantitative estimate of drug-likeness (QED) is 0.588. The van der Waals surface area contributed by atoms with Crippen LogP contribution in [0.2, 0.25) is 5.02 Å². The number of carbonyl (C=O) groups is 2. The van der Waals surface area contributed by atoms with Crippen LogP contribution in [0.5, 0.6) is 0 Å². The van der Waals surface area contributed by atoms with Gasteiger partial charge in [-0.3, -0.25) is 9.59 Å². The van der Waals surface area contributed by atoms with Gasteiger partial charge in [-0.1, -0.05) is 56.6 Å². The van der Waals surface area contributed by atoms with E-state index in [9.17, 15) is 9.59 Å². The second-order valence-corrected chi connectivity index (χ2v) is 7.04. The highest BCUT2D eigenvalue weighted by Gasteiger charge is 2.07. The van der Waals surface area contributed by atoms with Gasteiger partial charge in [-0.15, -0.1) is 0 Å². The standard InChI is InChI=1S/C22H25ClN2O2/c1-4-5-21(26)24-18-11-12-19(23)20(14-18)25-22(27)13-8-16-6-9-17(10-7-16)15(2)3/h6-15H,4-5H2,1-3H3,(H,24,26)(H,25,27). The molecule has 0 fully saturated rings. The number of benzene rings is 2. The van der Waals surface area contributed by atoms with Gasteiger partial charge >= 0.3 is 0 Å². The lowest BCUT2D eigenvalue weighted by Crippen LogP contribution is -2.12. The molecule has 2 N–H and O–H groups in total. The number of hydrogen-bond donors (Lipinski definition) is 2. The second kappa shape index (κ2) is 9.93. The highest BCUT2D eigenvalue weighted by Crippen LogP contribution is 2.26. The van der Waals surface area contributed by atoms with Crippen molar-refractivity contribution < 1.29 is 9.59 Å². The highest BCUT2D eigenvalue weighted by atomic mass is 35.5. The molecule has 0 radical (unpaired) electrons. The minimum atomic E-state index is -0.290. The molecule has 2 aromatic carbocycles. The van der Waals surface area contributed by atoms with E-state index in [0.29, 0.717) is 28.7 Å². The summed E-state index contributed by atoms with van der Waals surface area (Å²) < 4.78 is 0. The third-order valence-corrected chi connectivity index (χ3v) is 4.34. The van der Waals surface area contributed by atoms with Gasteiger partial charge < -0.3 is 10.6 Å². The van der Waals surface area contributed by atoms with Crippen LogP contribution in [0, 0.1) is 0 Å². The van der Waals surface area contributed by atoms with E-state index in [2.05, 4.69) is 36.6 Å². The Morgan fingerprint density at radius 2 is 1.78 bits per heavy atom. The van der Waals surface area contributed by atoms with Crippen molar-refractivity contribution in [3.05, 3.63) is 64.7 Å². The van der Waals surface area contributed by atoms with Crippen LogP contribution in [0.15, 0.2) is 48.5 Å². The average Bonchev–Trinajstić information content (AvgIpc) is 2.63. The molecule has 2 aromatic rings. The molecule has 2 amide bonds. The van der Waals surface area contributed by atoms with E-state index < -0.39 is 0 Å². The SMILES string of the molecule is CCCC(=O)Nc1ccc(Cl)c(NC(=O)C=Cc2ccc(C(C)C)cc2)c1. The van der Waals surface area contributed by atoms with Crippen molar-refractivity contribution in [3.63, 3.8) is 0 Å². The fourth-order valence-electron chi connectivity index (χ4n) is 2.49. The molecular weight excluding hydrogens is 360 g/mol. The van der Waals surface area contributed by atoms with Crippen LogP contribution in [0.4, 0.5) is 11.4 Å². The Bertz CT molecular complexity index is 827. The number of rotatable bonds is 7. The topological polar surface area (TPSA) is 58.2 Å². The molecule has 27 heavy (non-hydrogen) atoms. The van der Waals surface area contributed by atoms with E-state index in [-0.39, 0.29) is 11.8 Å². The van der Waals surface area contributed by atoms with Crippen LogP contribution in [0.3, 0.4) is 0 Å². The van der Waals surface area contributed by atoms with Crippen molar-refractivity contribution >= 4 is 40.9 Å². The predicted octanol–water partition coefficient (Wildman–Crippen LogP) is 5.85. The number of amides is 2. The summed E-state index contributed by atoms with van der Waals surface area (Å²) in [6.45, 7) is 6.22. The van der Waals surface area contributed by atoms with E-state index in [1.54, 1.807) is 24.3 Å². The largest absolute Gasteiger partial charge is 0.326 e. The molecule has 0 saturated heterocycles. The summed E-state index contributed by atoms with van der Waals surface area (Å²) in [4.78, 5) is 23.9. The number of anilines is 2. The Morgan fingerprint density at radius 3 is 2.41 bits per heavy atom. The van der Waals surface area contributed by atoms with Crippen LogP contribution in [-0.4, -0.2) is 11.8 Å². The fourth-order valence-corrected chi connectivity index (χ4v) is 2.65. The maximum Gasteiger partial charge on any atom is 0.248 e. The Hall–Kier alpha value is -2.59. The molecule has 0 bridgehead atoms. The van der Waals surface area contributed by atoms with Crippen molar-refractivity contribution in [3.8, 4) is 0 Å². The summed E-state index contributed by atoms with van der Waals surface area (Å²) in [6, 6.07) is 13.1. The van der Waals surface area contributed by atoms with Crippen LogP contribution in [0.25, 0.3) is 6.08 Å². The molecule has 0 unspecified atom stereocenters. The molecule has 142 valence electrons. The molecule has 0 heterocycles. The van der Waals surface area contributed by atoms with Gasteiger partial charge in [0.2, 0.25) is 11.8 Å². The van der Waals surface area contributed by atoms with Gasteiger partial charge in [0.1, 0.15) is 0 Å². The summed E-state index contributed by atoms with van der Waals surface area (Å²) in [6.07, 6.45) is 4.43. The lowest BCUT2D eigenvalue weighted by atomic mass is 10.0. The molecule has 0 aliphatic rings. The van der Waals surface area contributed by atoms with Gasteiger partial charge in [0.15, 0.2) is 0 Å². The van der Waals surface area contributed by atoms with Gasteiger partial charge in [-0.25, -0.2) is 0 Å². The first-order valence-electron chi connectivity index (χ1n) is 9.07. The summed E-state index contributed by atoms with van der Waals surface area (Å²) in [5.74, 6) is 0.113. The van der Waals surface area contributed by atoms with Crippen molar-refractivity contribution in [1.29, 1.82) is 0 Å². The van der Waals surface area contributed by atoms with Crippen LogP contribution >= 0.6 is 11.6 Å². The molecule has 0 atom stereocenters.